The van der Waals surface area contributed by atoms with Crippen LogP contribution in [-0.4, -0.2) is 0 Å². The third kappa shape index (κ3) is 2.32. The van der Waals surface area contributed by atoms with E-state index in [0.717, 1.165) is 15.5 Å². The summed E-state index contributed by atoms with van der Waals surface area (Å²) in [5, 5.41) is 0.819. The van der Waals surface area contributed by atoms with E-state index in [1.807, 2.05) is 18.2 Å². The van der Waals surface area contributed by atoms with E-state index in [9.17, 15) is 0 Å². The zero-order valence-corrected chi connectivity index (χ0v) is 9.30. The Labute approximate surface area is 86.8 Å². The summed E-state index contributed by atoms with van der Waals surface area (Å²) < 4.78 is 0. The molecule has 0 spiro atoms. The second-order valence-corrected chi connectivity index (χ2v) is 4.41. The van der Waals surface area contributed by atoms with Crippen LogP contribution in [-0.2, 0) is 0 Å². The summed E-state index contributed by atoms with van der Waals surface area (Å²) in [6, 6.07) is 5.85. The molecule has 12 heavy (non-hydrogen) atoms. The van der Waals surface area contributed by atoms with Gasteiger partial charge in [-0.3, -0.25) is 0 Å². The van der Waals surface area contributed by atoms with Crippen LogP contribution < -0.4 is 0 Å². The number of hydrogen-bond acceptors (Lipinski definition) is 1. The minimum atomic E-state index is 0.446. The van der Waals surface area contributed by atoms with Crippen LogP contribution in [0.1, 0.15) is 25.3 Å². The van der Waals surface area contributed by atoms with Crippen molar-refractivity contribution in [2.45, 2.75) is 24.7 Å². The monoisotopic (exact) mass is 220 g/mol. The van der Waals surface area contributed by atoms with Gasteiger partial charge in [0.15, 0.2) is 0 Å². The highest BCUT2D eigenvalue weighted by atomic mass is 35.7. The van der Waals surface area contributed by atoms with Crippen molar-refractivity contribution in [3.63, 3.8) is 0 Å². The molecule has 0 unspecified atom stereocenters. The van der Waals surface area contributed by atoms with E-state index >= 15 is 0 Å². The van der Waals surface area contributed by atoms with E-state index < -0.39 is 0 Å². The highest BCUT2D eigenvalue weighted by Gasteiger charge is 2.05. The standard InChI is InChI=1S/C9H10Cl2S/c1-6(2)8-5-7(12-11)3-4-9(8)10/h3-6H,1-2H3. The first kappa shape index (κ1) is 10.2. The molecule has 0 nitrogen and oxygen atoms in total. The van der Waals surface area contributed by atoms with Gasteiger partial charge in [-0.2, -0.15) is 0 Å². The maximum atomic E-state index is 6.00. The maximum Gasteiger partial charge on any atom is 0.0441 e. The summed E-state index contributed by atoms with van der Waals surface area (Å²) in [4.78, 5) is 1.05. The van der Waals surface area contributed by atoms with Gasteiger partial charge in [0.1, 0.15) is 0 Å². The summed E-state index contributed by atoms with van der Waals surface area (Å²) in [5.41, 5.74) is 1.15. The fourth-order valence-corrected chi connectivity index (χ4v) is 1.93. The molecule has 66 valence electrons. The summed E-state index contributed by atoms with van der Waals surface area (Å²) in [6.07, 6.45) is 0. The molecule has 0 atom stereocenters. The van der Waals surface area contributed by atoms with Gasteiger partial charge in [-0.15, -0.1) is 0 Å². The van der Waals surface area contributed by atoms with E-state index in [-0.39, 0.29) is 0 Å². The average Bonchev–Trinajstić information content (AvgIpc) is 2.05. The van der Waals surface area contributed by atoms with Gasteiger partial charge in [-0.1, -0.05) is 25.4 Å². The molecule has 0 bridgehead atoms. The van der Waals surface area contributed by atoms with Crippen molar-refractivity contribution in [3.8, 4) is 0 Å². The van der Waals surface area contributed by atoms with Crippen molar-refractivity contribution in [2.75, 3.05) is 0 Å². The van der Waals surface area contributed by atoms with Gasteiger partial charge in [-0.05, 0) is 51.3 Å². The number of rotatable bonds is 2. The van der Waals surface area contributed by atoms with Gasteiger partial charge in [0, 0.05) is 9.92 Å². The zero-order valence-electron chi connectivity index (χ0n) is 6.97. The molecule has 1 aromatic carbocycles. The molecule has 0 heterocycles. The lowest BCUT2D eigenvalue weighted by atomic mass is 10.0. The minimum Gasteiger partial charge on any atom is -0.0840 e. The topological polar surface area (TPSA) is 0 Å². The number of hydrogen-bond donors (Lipinski definition) is 0. The van der Waals surface area contributed by atoms with Crippen LogP contribution in [0.25, 0.3) is 0 Å². The van der Waals surface area contributed by atoms with Crippen LogP contribution in [0.3, 0.4) is 0 Å². The lowest BCUT2D eigenvalue weighted by Crippen LogP contribution is -1.88. The molecule has 0 radical (unpaired) electrons. The molecule has 0 aromatic heterocycles. The van der Waals surface area contributed by atoms with Gasteiger partial charge in [0.2, 0.25) is 0 Å². The average molecular weight is 221 g/mol. The largest absolute Gasteiger partial charge is 0.0840 e. The lowest BCUT2D eigenvalue weighted by Gasteiger charge is -2.08. The molecular weight excluding hydrogens is 211 g/mol. The van der Waals surface area contributed by atoms with Crippen LogP contribution in [0.15, 0.2) is 23.1 Å². The van der Waals surface area contributed by atoms with Crippen LogP contribution in [0.5, 0.6) is 0 Å². The Morgan fingerprint density at radius 3 is 2.50 bits per heavy atom. The molecule has 0 aliphatic rings. The van der Waals surface area contributed by atoms with Crippen molar-refractivity contribution in [3.05, 3.63) is 28.8 Å². The van der Waals surface area contributed by atoms with Crippen molar-refractivity contribution in [1.29, 1.82) is 0 Å². The fraction of sp³-hybridized carbons (Fsp3) is 0.333. The van der Waals surface area contributed by atoms with E-state index in [1.54, 1.807) is 0 Å². The van der Waals surface area contributed by atoms with Gasteiger partial charge < -0.3 is 0 Å². The number of benzene rings is 1. The summed E-state index contributed by atoms with van der Waals surface area (Å²) >= 11 is 6.00. The van der Waals surface area contributed by atoms with Crippen molar-refractivity contribution >= 4 is 33.3 Å². The summed E-state index contributed by atoms with van der Waals surface area (Å²) in [6.45, 7) is 4.23. The molecule has 0 saturated carbocycles. The second-order valence-electron chi connectivity index (χ2n) is 2.92. The second kappa shape index (κ2) is 4.40. The van der Waals surface area contributed by atoms with E-state index in [1.165, 1.54) is 11.0 Å². The molecular formula is C9H10Cl2S. The Hall–Kier alpha value is 0.150. The van der Waals surface area contributed by atoms with Gasteiger partial charge in [0.25, 0.3) is 0 Å². The summed E-state index contributed by atoms with van der Waals surface area (Å²) in [5.74, 6) is 0.446. The molecule has 1 rings (SSSR count). The van der Waals surface area contributed by atoms with Gasteiger partial charge in [0.05, 0.1) is 0 Å². The molecule has 0 aliphatic heterocycles. The first-order valence-electron chi connectivity index (χ1n) is 3.73. The molecule has 0 saturated heterocycles. The first-order chi connectivity index (χ1) is 5.65. The van der Waals surface area contributed by atoms with E-state index in [2.05, 4.69) is 13.8 Å². The van der Waals surface area contributed by atoms with Crippen molar-refractivity contribution < 1.29 is 0 Å². The van der Waals surface area contributed by atoms with Gasteiger partial charge in [-0.25, -0.2) is 0 Å². The molecule has 0 amide bonds. The Morgan fingerprint density at radius 1 is 1.33 bits per heavy atom. The molecule has 1 aromatic rings. The van der Waals surface area contributed by atoms with Crippen molar-refractivity contribution in [1.82, 2.24) is 0 Å². The third-order valence-corrected chi connectivity index (χ3v) is 2.99. The Morgan fingerprint density at radius 2 is 2.00 bits per heavy atom. The lowest BCUT2D eigenvalue weighted by molar-refractivity contribution is 0.862. The first-order valence-corrected chi connectivity index (χ1v) is 5.75. The normalized spacial score (nSPS) is 10.8. The molecule has 3 heteroatoms. The Balaban J connectivity index is 3.08. The van der Waals surface area contributed by atoms with Crippen LogP contribution in [0, 0.1) is 0 Å². The molecule has 0 N–H and O–H groups in total. The Kier molecular flexibility index (Phi) is 3.76. The quantitative estimate of drug-likeness (QED) is 0.696. The van der Waals surface area contributed by atoms with E-state index in [0.29, 0.717) is 5.92 Å². The predicted octanol–water partition coefficient (Wildman–Crippen LogP) is 4.71. The smallest absolute Gasteiger partial charge is 0.0441 e. The minimum absolute atomic E-state index is 0.446. The molecule has 0 fully saturated rings. The number of halogens is 2. The maximum absolute atomic E-state index is 6.00. The van der Waals surface area contributed by atoms with Crippen LogP contribution >= 0.6 is 33.3 Å². The fourth-order valence-electron chi connectivity index (χ4n) is 1.01. The third-order valence-electron chi connectivity index (χ3n) is 1.68. The highest BCUT2D eigenvalue weighted by Crippen LogP contribution is 2.30. The van der Waals surface area contributed by atoms with Crippen LogP contribution in [0.4, 0.5) is 0 Å². The molecule has 0 aliphatic carbocycles. The summed E-state index contributed by atoms with van der Waals surface area (Å²) in [7, 11) is 6.85. The highest BCUT2D eigenvalue weighted by molar-refractivity contribution is 8.21. The predicted molar refractivity (Wildman–Crippen MR) is 57.3 cm³/mol. The van der Waals surface area contributed by atoms with Gasteiger partial charge >= 0.3 is 0 Å². The Bertz CT molecular complexity index is 271. The SMILES string of the molecule is CC(C)c1cc(SCl)ccc1Cl. The van der Waals surface area contributed by atoms with Crippen LogP contribution in [0.2, 0.25) is 5.02 Å². The van der Waals surface area contributed by atoms with Crippen molar-refractivity contribution in [2.24, 2.45) is 0 Å². The van der Waals surface area contributed by atoms with E-state index in [4.69, 9.17) is 22.3 Å². The zero-order chi connectivity index (χ0) is 9.14.